The van der Waals surface area contributed by atoms with Crippen LogP contribution in [-0.2, 0) is 0 Å². The SMILES string of the molecule is ONC1C=NCCS1. The van der Waals surface area contributed by atoms with E-state index in [0.29, 0.717) is 0 Å². The third-order valence-corrected chi connectivity index (χ3v) is 1.89. The molecule has 1 atom stereocenters. The molecule has 0 saturated heterocycles. The maximum atomic E-state index is 8.33. The van der Waals surface area contributed by atoms with Crippen molar-refractivity contribution in [2.45, 2.75) is 5.37 Å². The Hall–Kier alpha value is -0.0600. The van der Waals surface area contributed by atoms with Crippen molar-refractivity contribution in [2.24, 2.45) is 4.99 Å². The lowest BCUT2D eigenvalue weighted by Crippen LogP contribution is -2.26. The van der Waals surface area contributed by atoms with Crippen molar-refractivity contribution in [1.82, 2.24) is 5.48 Å². The zero-order valence-corrected chi connectivity index (χ0v) is 5.19. The first-order valence-corrected chi connectivity index (χ1v) is 3.49. The molecule has 0 fully saturated rings. The van der Waals surface area contributed by atoms with Gasteiger partial charge >= 0.3 is 0 Å². The quantitative estimate of drug-likeness (QED) is 0.498. The number of aliphatic imine (C=N–C) groups is 1. The Labute approximate surface area is 52.1 Å². The van der Waals surface area contributed by atoms with Crippen LogP contribution in [0.15, 0.2) is 4.99 Å². The Bertz CT molecular complexity index is 96.0. The third kappa shape index (κ3) is 1.47. The Morgan fingerprint density at radius 1 is 1.88 bits per heavy atom. The summed E-state index contributed by atoms with van der Waals surface area (Å²) in [6.07, 6.45) is 1.72. The van der Waals surface area contributed by atoms with E-state index in [-0.39, 0.29) is 5.37 Å². The zero-order valence-electron chi connectivity index (χ0n) is 4.37. The van der Waals surface area contributed by atoms with Crippen molar-refractivity contribution < 1.29 is 5.21 Å². The van der Waals surface area contributed by atoms with Crippen LogP contribution in [0, 0.1) is 0 Å². The highest BCUT2D eigenvalue weighted by atomic mass is 32.2. The van der Waals surface area contributed by atoms with Gasteiger partial charge in [-0.15, -0.1) is 11.8 Å². The molecule has 0 aromatic carbocycles. The Kier molecular flexibility index (Phi) is 2.32. The van der Waals surface area contributed by atoms with Crippen molar-refractivity contribution in [3.8, 4) is 0 Å². The summed E-state index contributed by atoms with van der Waals surface area (Å²) in [5.41, 5.74) is 2.12. The first kappa shape index (κ1) is 6.07. The Balaban J connectivity index is 2.32. The fourth-order valence-electron chi connectivity index (χ4n) is 0.516. The summed E-state index contributed by atoms with van der Waals surface area (Å²) in [5, 5.41) is 8.35. The van der Waals surface area contributed by atoms with Crippen LogP contribution in [-0.4, -0.2) is 29.1 Å². The highest BCUT2D eigenvalue weighted by molar-refractivity contribution is 8.00. The lowest BCUT2D eigenvalue weighted by Gasteiger charge is -2.11. The highest BCUT2D eigenvalue weighted by Gasteiger charge is 2.05. The number of hydrogen-bond acceptors (Lipinski definition) is 4. The van der Waals surface area contributed by atoms with Gasteiger partial charge in [0.05, 0.1) is 0 Å². The first-order valence-electron chi connectivity index (χ1n) is 2.44. The standard InChI is InChI=1S/C4H8N2OS/c7-6-4-3-5-1-2-8-4/h3-4,6-7H,1-2H2. The molecule has 0 bridgehead atoms. The van der Waals surface area contributed by atoms with Gasteiger partial charge in [0.2, 0.25) is 0 Å². The number of hydrogen-bond donors (Lipinski definition) is 2. The molecular formula is C4H8N2OS. The second kappa shape index (κ2) is 3.06. The van der Waals surface area contributed by atoms with Crippen LogP contribution in [0.1, 0.15) is 0 Å². The van der Waals surface area contributed by atoms with Gasteiger partial charge in [-0.1, -0.05) is 0 Å². The van der Waals surface area contributed by atoms with E-state index in [4.69, 9.17) is 5.21 Å². The largest absolute Gasteiger partial charge is 0.315 e. The van der Waals surface area contributed by atoms with Crippen molar-refractivity contribution in [1.29, 1.82) is 0 Å². The molecule has 3 nitrogen and oxygen atoms in total. The highest BCUT2D eigenvalue weighted by Crippen LogP contribution is 2.08. The second-order valence-corrected chi connectivity index (χ2v) is 2.73. The van der Waals surface area contributed by atoms with Crippen LogP contribution in [0.3, 0.4) is 0 Å². The summed E-state index contributed by atoms with van der Waals surface area (Å²) in [4.78, 5) is 3.96. The monoisotopic (exact) mass is 132 g/mol. The van der Waals surface area contributed by atoms with Crippen LogP contribution < -0.4 is 5.48 Å². The number of nitrogens with one attached hydrogen (secondary N) is 1. The van der Waals surface area contributed by atoms with Gasteiger partial charge in [0.1, 0.15) is 5.37 Å². The van der Waals surface area contributed by atoms with Crippen molar-refractivity contribution >= 4 is 18.0 Å². The molecule has 0 saturated carbocycles. The Morgan fingerprint density at radius 2 is 2.75 bits per heavy atom. The summed E-state index contributed by atoms with van der Waals surface area (Å²) >= 11 is 1.65. The van der Waals surface area contributed by atoms with Crippen LogP contribution in [0.5, 0.6) is 0 Å². The average Bonchev–Trinajstić information content (AvgIpc) is 1.90. The molecule has 1 rings (SSSR count). The van der Waals surface area contributed by atoms with E-state index in [9.17, 15) is 0 Å². The summed E-state index contributed by atoms with van der Waals surface area (Å²) < 4.78 is 0. The molecule has 46 valence electrons. The normalized spacial score (nSPS) is 28.4. The summed E-state index contributed by atoms with van der Waals surface area (Å²) in [5.74, 6) is 0.995. The predicted octanol–water partition coefficient (Wildman–Crippen LogP) is 0.109. The van der Waals surface area contributed by atoms with Gasteiger partial charge in [0.25, 0.3) is 0 Å². The maximum Gasteiger partial charge on any atom is 0.112 e. The number of nitrogens with zero attached hydrogens (tertiary/aromatic N) is 1. The molecule has 1 heterocycles. The van der Waals surface area contributed by atoms with Gasteiger partial charge in [-0.3, -0.25) is 4.99 Å². The van der Waals surface area contributed by atoms with Gasteiger partial charge in [-0.2, -0.15) is 5.48 Å². The van der Waals surface area contributed by atoms with E-state index in [0.717, 1.165) is 12.3 Å². The minimum atomic E-state index is 0.0174. The molecule has 1 aliphatic rings. The lowest BCUT2D eigenvalue weighted by atomic mass is 10.7. The predicted molar refractivity (Wildman–Crippen MR) is 34.5 cm³/mol. The molecule has 0 radical (unpaired) electrons. The molecule has 8 heavy (non-hydrogen) atoms. The van der Waals surface area contributed by atoms with Gasteiger partial charge < -0.3 is 5.21 Å². The minimum Gasteiger partial charge on any atom is -0.315 e. The van der Waals surface area contributed by atoms with Crippen molar-refractivity contribution in [2.75, 3.05) is 12.3 Å². The van der Waals surface area contributed by atoms with E-state index in [2.05, 4.69) is 10.5 Å². The van der Waals surface area contributed by atoms with Crippen LogP contribution >= 0.6 is 11.8 Å². The summed E-state index contributed by atoms with van der Waals surface area (Å²) in [7, 11) is 0. The van der Waals surface area contributed by atoms with E-state index < -0.39 is 0 Å². The summed E-state index contributed by atoms with van der Waals surface area (Å²) in [6, 6.07) is 0. The zero-order chi connectivity index (χ0) is 5.82. The minimum absolute atomic E-state index is 0.0174. The van der Waals surface area contributed by atoms with E-state index >= 15 is 0 Å². The van der Waals surface area contributed by atoms with Crippen LogP contribution in [0.2, 0.25) is 0 Å². The van der Waals surface area contributed by atoms with Crippen molar-refractivity contribution in [3.05, 3.63) is 0 Å². The van der Waals surface area contributed by atoms with E-state index in [1.807, 2.05) is 0 Å². The second-order valence-electron chi connectivity index (χ2n) is 1.48. The number of rotatable bonds is 1. The smallest absolute Gasteiger partial charge is 0.112 e. The molecule has 0 aliphatic carbocycles. The molecule has 0 aromatic rings. The molecule has 0 amide bonds. The van der Waals surface area contributed by atoms with Gasteiger partial charge in [-0.05, 0) is 0 Å². The topological polar surface area (TPSA) is 44.6 Å². The molecule has 1 aliphatic heterocycles. The molecule has 4 heteroatoms. The molecular weight excluding hydrogens is 124 g/mol. The molecule has 2 N–H and O–H groups in total. The van der Waals surface area contributed by atoms with E-state index in [1.54, 1.807) is 18.0 Å². The third-order valence-electron chi connectivity index (χ3n) is 0.886. The van der Waals surface area contributed by atoms with Crippen molar-refractivity contribution in [3.63, 3.8) is 0 Å². The van der Waals surface area contributed by atoms with E-state index in [1.165, 1.54) is 0 Å². The summed E-state index contributed by atoms with van der Waals surface area (Å²) in [6.45, 7) is 0.878. The van der Waals surface area contributed by atoms with Gasteiger partial charge in [-0.25, -0.2) is 0 Å². The van der Waals surface area contributed by atoms with Gasteiger partial charge in [0.15, 0.2) is 0 Å². The fourth-order valence-corrected chi connectivity index (χ4v) is 1.23. The molecule has 0 spiro atoms. The number of hydroxylamine groups is 1. The maximum absolute atomic E-state index is 8.33. The molecule has 0 aromatic heterocycles. The first-order chi connectivity index (χ1) is 3.93. The molecule has 1 unspecified atom stereocenters. The number of thioether (sulfide) groups is 1. The van der Waals surface area contributed by atoms with Gasteiger partial charge in [0, 0.05) is 18.5 Å². The fraction of sp³-hybridized carbons (Fsp3) is 0.750. The average molecular weight is 132 g/mol. The Morgan fingerprint density at radius 3 is 3.12 bits per heavy atom. The van der Waals surface area contributed by atoms with Crippen LogP contribution in [0.25, 0.3) is 0 Å². The lowest BCUT2D eigenvalue weighted by molar-refractivity contribution is 0.175. The van der Waals surface area contributed by atoms with Crippen LogP contribution in [0.4, 0.5) is 0 Å².